The SMILES string of the molecule is CN(Cc1ccc2nonc2c1)C(=O)c1ccc2c(c1)CCCO2. The van der Waals surface area contributed by atoms with E-state index in [0.717, 1.165) is 36.3 Å². The maximum atomic E-state index is 12.7. The average molecular weight is 323 g/mol. The van der Waals surface area contributed by atoms with Crippen LogP contribution in [0.2, 0.25) is 0 Å². The van der Waals surface area contributed by atoms with Gasteiger partial charge in [-0.05, 0) is 64.6 Å². The lowest BCUT2D eigenvalue weighted by Gasteiger charge is -2.20. The highest BCUT2D eigenvalue weighted by atomic mass is 16.6. The van der Waals surface area contributed by atoms with Crippen LogP contribution >= 0.6 is 0 Å². The number of benzene rings is 2. The summed E-state index contributed by atoms with van der Waals surface area (Å²) in [6.07, 6.45) is 1.95. The highest BCUT2D eigenvalue weighted by Gasteiger charge is 2.17. The van der Waals surface area contributed by atoms with E-state index in [1.165, 1.54) is 0 Å². The lowest BCUT2D eigenvalue weighted by Crippen LogP contribution is -2.26. The molecule has 1 aromatic heterocycles. The monoisotopic (exact) mass is 323 g/mol. The van der Waals surface area contributed by atoms with E-state index in [9.17, 15) is 4.79 Å². The predicted octanol–water partition coefficient (Wildman–Crippen LogP) is 2.82. The fourth-order valence-corrected chi connectivity index (χ4v) is 2.99. The van der Waals surface area contributed by atoms with E-state index in [4.69, 9.17) is 9.37 Å². The lowest BCUT2D eigenvalue weighted by atomic mass is 10.0. The summed E-state index contributed by atoms with van der Waals surface area (Å²) in [4.78, 5) is 14.4. The van der Waals surface area contributed by atoms with Crippen molar-refractivity contribution >= 4 is 16.9 Å². The second-order valence-electron chi connectivity index (χ2n) is 6.02. The summed E-state index contributed by atoms with van der Waals surface area (Å²) in [5.41, 5.74) is 4.18. The van der Waals surface area contributed by atoms with Gasteiger partial charge in [0.25, 0.3) is 5.91 Å². The van der Waals surface area contributed by atoms with Gasteiger partial charge < -0.3 is 9.64 Å². The van der Waals surface area contributed by atoms with E-state index in [1.54, 1.807) is 11.9 Å². The zero-order chi connectivity index (χ0) is 16.5. The summed E-state index contributed by atoms with van der Waals surface area (Å²) >= 11 is 0. The molecule has 0 N–H and O–H groups in total. The maximum Gasteiger partial charge on any atom is 0.253 e. The van der Waals surface area contributed by atoms with Crippen LogP contribution in [0.15, 0.2) is 41.0 Å². The number of nitrogens with zero attached hydrogens (tertiary/aromatic N) is 3. The molecule has 4 rings (SSSR count). The molecule has 122 valence electrons. The molecule has 1 amide bonds. The quantitative estimate of drug-likeness (QED) is 0.741. The standard InChI is InChI=1S/C18H17N3O3/c1-21(11-12-4-6-15-16(9-12)20-24-19-15)18(22)14-5-7-17-13(10-14)3-2-8-23-17/h4-7,9-10H,2-3,8,11H2,1H3. The molecular formula is C18H17N3O3. The van der Waals surface area contributed by atoms with Crippen LogP contribution in [0, 0.1) is 0 Å². The molecule has 24 heavy (non-hydrogen) atoms. The zero-order valence-electron chi connectivity index (χ0n) is 13.4. The topological polar surface area (TPSA) is 68.5 Å². The van der Waals surface area contributed by atoms with E-state index < -0.39 is 0 Å². The van der Waals surface area contributed by atoms with Crippen LogP contribution in [0.3, 0.4) is 0 Å². The van der Waals surface area contributed by atoms with Gasteiger partial charge in [-0.25, -0.2) is 4.63 Å². The number of carbonyl (C=O) groups is 1. The molecule has 2 aromatic carbocycles. The first-order valence-corrected chi connectivity index (χ1v) is 7.93. The summed E-state index contributed by atoms with van der Waals surface area (Å²) in [5.74, 6) is 0.881. The van der Waals surface area contributed by atoms with Crippen molar-refractivity contribution in [2.75, 3.05) is 13.7 Å². The Balaban J connectivity index is 1.53. The van der Waals surface area contributed by atoms with E-state index in [2.05, 4.69) is 10.3 Å². The second kappa shape index (κ2) is 5.96. The van der Waals surface area contributed by atoms with Crippen molar-refractivity contribution in [2.24, 2.45) is 0 Å². The summed E-state index contributed by atoms with van der Waals surface area (Å²) in [6.45, 7) is 1.24. The number of hydrogen-bond donors (Lipinski definition) is 0. The number of hydrogen-bond acceptors (Lipinski definition) is 5. The predicted molar refractivity (Wildman–Crippen MR) is 87.9 cm³/mol. The summed E-state index contributed by atoms with van der Waals surface area (Å²) in [5, 5.41) is 7.62. The molecule has 0 fully saturated rings. The summed E-state index contributed by atoms with van der Waals surface area (Å²) in [6, 6.07) is 11.3. The first-order chi connectivity index (χ1) is 11.7. The minimum Gasteiger partial charge on any atom is -0.493 e. The minimum atomic E-state index is -0.0123. The second-order valence-corrected chi connectivity index (χ2v) is 6.02. The summed E-state index contributed by atoms with van der Waals surface area (Å²) in [7, 11) is 1.80. The van der Waals surface area contributed by atoms with Gasteiger partial charge in [-0.2, -0.15) is 0 Å². The fraction of sp³-hybridized carbons (Fsp3) is 0.278. The van der Waals surface area contributed by atoms with Crippen LogP contribution < -0.4 is 4.74 Å². The molecule has 0 radical (unpaired) electrons. The third-order valence-electron chi connectivity index (χ3n) is 4.24. The largest absolute Gasteiger partial charge is 0.493 e. The Bertz CT molecular complexity index is 903. The smallest absolute Gasteiger partial charge is 0.253 e. The van der Waals surface area contributed by atoms with Gasteiger partial charge in [0, 0.05) is 19.2 Å². The van der Waals surface area contributed by atoms with Gasteiger partial charge in [0.2, 0.25) is 0 Å². The highest BCUT2D eigenvalue weighted by Crippen LogP contribution is 2.26. The Morgan fingerprint density at radius 3 is 2.96 bits per heavy atom. The molecule has 0 saturated carbocycles. The van der Waals surface area contributed by atoms with Crippen LogP contribution in [0.25, 0.3) is 11.0 Å². The van der Waals surface area contributed by atoms with Crippen molar-refractivity contribution in [2.45, 2.75) is 19.4 Å². The molecule has 0 aliphatic carbocycles. The fourth-order valence-electron chi connectivity index (χ4n) is 2.99. The number of ether oxygens (including phenoxy) is 1. The first kappa shape index (κ1) is 14.7. The Kier molecular flexibility index (Phi) is 3.65. The van der Waals surface area contributed by atoms with Crippen molar-refractivity contribution in [1.82, 2.24) is 15.2 Å². The molecule has 6 nitrogen and oxygen atoms in total. The molecule has 0 saturated heterocycles. The van der Waals surface area contributed by atoms with Crippen LogP contribution in [0.1, 0.15) is 27.9 Å². The van der Waals surface area contributed by atoms with Crippen molar-refractivity contribution < 1.29 is 14.2 Å². The van der Waals surface area contributed by atoms with Crippen LogP contribution in [-0.2, 0) is 13.0 Å². The normalized spacial score (nSPS) is 13.4. The van der Waals surface area contributed by atoms with E-state index in [0.29, 0.717) is 23.1 Å². The highest BCUT2D eigenvalue weighted by molar-refractivity contribution is 5.94. The van der Waals surface area contributed by atoms with Gasteiger partial charge in [-0.3, -0.25) is 4.79 Å². The molecule has 0 bridgehead atoms. The molecule has 3 aromatic rings. The number of carbonyl (C=O) groups excluding carboxylic acids is 1. The Morgan fingerprint density at radius 2 is 2.04 bits per heavy atom. The van der Waals surface area contributed by atoms with Crippen LogP contribution in [0.5, 0.6) is 5.75 Å². The zero-order valence-corrected chi connectivity index (χ0v) is 13.4. The lowest BCUT2D eigenvalue weighted by molar-refractivity contribution is 0.0785. The van der Waals surface area contributed by atoms with Gasteiger partial charge in [0.1, 0.15) is 16.8 Å². The minimum absolute atomic E-state index is 0.0123. The average Bonchev–Trinajstić information content (AvgIpc) is 3.08. The molecule has 0 atom stereocenters. The van der Waals surface area contributed by atoms with Crippen LogP contribution in [0.4, 0.5) is 0 Å². The van der Waals surface area contributed by atoms with Crippen molar-refractivity contribution in [3.63, 3.8) is 0 Å². The van der Waals surface area contributed by atoms with Gasteiger partial charge in [-0.1, -0.05) is 6.07 Å². The van der Waals surface area contributed by atoms with Gasteiger partial charge in [0.05, 0.1) is 6.61 Å². The van der Waals surface area contributed by atoms with Crippen molar-refractivity contribution in [3.05, 3.63) is 53.1 Å². The van der Waals surface area contributed by atoms with E-state index in [1.807, 2.05) is 36.4 Å². The van der Waals surface area contributed by atoms with E-state index in [-0.39, 0.29) is 5.91 Å². The number of amides is 1. The Hall–Kier alpha value is -2.89. The van der Waals surface area contributed by atoms with Crippen molar-refractivity contribution in [1.29, 1.82) is 0 Å². The van der Waals surface area contributed by atoms with Gasteiger partial charge >= 0.3 is 0 Å². The number of fused-ring (bicyclic) bond motifs is 2. The maximum absolute atomic E-state index is 12.7. The molecule has 1 aliphatic rings. The molecule has 0 spiro atoms. The van der Waals surface area contributed by atoms with Crippen molar-refractivity contribution in [3.8, 4) is 5.75 Å². The molecular weight excluding hydrogens is 306 g/mol. The first-order valence-electron chi connectivity index (χ1n) is 7.93. The van der Waals surface area contributed by atoms with Gasteiger partial charge in [-0.15, -0.1) is 0 Å². The molecule has 0 unspecified atom stereocenters. The van der Waals surface area contributed by atoms with E-state index >= 15 is 0 Å². The molecule has 6 heteroatoms. The van der Waals surface area contributed by atoms with Gasteiger partial charge in [0.15, 0.2) is 0 Å². The Labute approximate surface area is 139 Å². The Morgan fingerprint density at radius 1 is 1.17 bits per heavy atom. The summed E-state index contributed by atoms with van der Waals surface area (Å²) < 4.78 is 10.3. The third kappa shape index (κ3) is 2.71. The van der Waals surface area contributed by atoms with Crippen LogP contribution in [-0.4, -0.2) is 34.8 Å². The molecule has 2 heterocycles. The number of aromatic nitrogens is 2. The third-order valence-corrected chi connectivity index (χ3v) is 4.24. The number of rotatable bonds is 3. The molecule has 1 aliphatic heterocycles. The number of aryl methyl sites for hydroxylation is 1.